The largest absolute Gasteiger partial charge is 0.488 e. The highest BCUT2D eigenvalue weighted by Crippen LogP contribution is 2.26. The van der Waals surface area contributed by atoms with Gasteiger partial charge >= 0.3 is 0 Å². The van der Waals surface area contributed by atoms with E-state index in [0.717, 1.165) is 25.9 Å². The minimum Gasteiger partial charge on any atom is -0.488 e. The zero-order valence-corrected chi connectivity index (χ0v) is 13.2. The molecule has 0 radical (unpaired) electrons. The maximum absolute atomic E-state index is 11.2. The molecule has 1 heterocycles. The van der Waals surface area contributed by atoms with Gasteiger partial charge in [0, 0.05) is 19.3 Å². The Kier molecular flexibility index (Phi) is 5.29. The van der Waals surface area contributed by atoms with Gasteiger partial charge in [-0.25, -0.2) is 8.42 Å². The van der Waals surface area contributed by atoms with Gasteiger partial charge in [-0.2, -0.15) is 0 Å². The molecule has 0 N–H and O–H groups in total. The smallest absolute Gasteiger partial charge is 0.148 e. The zero-order chi connectivity index (χ0) is 14.6. The van der Waals surface area contributed by atoms with Crippen LogP contribution in [0.5, 0.6) is 5.75 Å². The first kappa shape index (κ1) is 15.6. The average molecular weight is 318 g/mol. The fourth-order valence-corrected chi connectivity index (χ4v) is 3.10. The highest BCUT2D eigenvalue weighted by atomic mass is 35.5. The maximum Gasteiger partial charge on any atom is 0.148 e. The predicted octanol–water partition coefficient (Wildman–Crippen LogP) is 2.23. The van der Waals surface area contributed by atoms with Crippen LogP contribution in [0.2, 0.25) is 5.02 Å². The molecule has 0 spiro atoms. The van der Waals surface area contributed by atoms with Crippen molar-refractivity contribution in [2.75, 3.05) is 31.6 Å². The SMILES string of the molecule is CS(=O)(=O)CCN1CCC[C@@H](Oc2ccccc2Cl)C1. The molecule has 1 atom stereocenters. The third kappa shape index (κ3) is 4.96. The van der Waals surface area contributed by atoms with E-state index in [1.54, 1.807) is 6.07 Å². The minimum atomic E-state index is -2.91. The zero-order valence-electron chi connectivity index (χ0n) is 11.6. The number of likely N-dealkylation sites (tertiary alicyclic amines) is 1. The van der Waals surface area contributed by atoms with E-state index in [4.69, 9.17) is 16.3 Å². The first-order chi connectivity index (χ1) is 9.44. The van der Waals surface area contributed by atoms with Crippen LogP contribution in [0.25, 0.3) is 0 Å². The lowest BCUT2D eigenvalue weighted by molar-refractivity contribution is 0.0924. The summed E-state index contributed by atoms with van der Waals surface area (Å²) in [5, 5.41) is 0.612. The summed E-state index contributed by atoms with van der Waals surface area (Å²) < 4.78 is 28.4. The van der Waals surface area contributed by atoms with Crippen molar-refractivity contribution in [1.29, 1.82) is 0 Å². The Labute approximate surface area is 125 Å². The van der Waals surface area contributed by atoms with Crippen molar-refractivity contribution < 1.29 is 13.2 Å². The van der Waals surface area contributed by atoms with Crippen LogP contribution in [-0.4, -0.2) is 51.1 Å². The molecule has 1 aromatic carbocycles. The standard InChI is InChI=1S/C14H20ClNO3S/c1-20(17,18)10-9-16-8-4-5-12(11-16)19-14-7-3-2-6-13(14)15/h2-3,6-7,12H,4-5,8-11H2,1H3/t12-/m1/s1. The van der Waals surface area contributed by atoms with Gasteiger partial charge in [0.1, 0.15) is 21.7 Å². The van der Waals surface area contributed by atoms with Gasteiger partial charge in [0.15, 0.2) is 0 Å². The number of hydrogen-bond acceptors (Lipinski definition) is 4. The molecule has 2 rings (SSSR count). The van der Waals surface area contributed by atoms with Gasteiger partial charge in [-0.3, -0.25) is 4.90 Å². The summed E-state index contributed by atoms with van der Waals surface area (Å²) in [4.78, 5) is 2.14. The van der Waals surface area contributed by atoms with Crippen LogP contribution in [-0.2, 0) is 9.84 Å². The second-order valence-corrected chi connectivity index (χ2v) is 7.91. The summed E-state index contributed by atoms with van der Waals surface area (Å²) >= 11 is 6.08. The van der Waals surface area contributed by atoms with Crippen LogP contribution in [0.4, 0.5) is 0 Å². The van der Waals surface area contributed by atoms with E-state index in [9.17, 15) is 8.42 Å². The molecular formula is C14H20ClNO3S. The topological polar surface area (TPSA) is 46.6 Å². The second kappa shape index (κ2) is 6.78. The van der Waals surface area contributed by atoms with Crippen molar-refractivity contribution in [3.63, 3.8) is 0 Å². The van der Waals surface area contributed by atoms with E-state index in [0.29, 0.717) is 17.3 Å². The van der Waals surface area contributed by atoms with Crippen LogP contribution >= 0.6 is 11.6 Å². The molecular weight excluding hydrogens is 298 g/mol. The van der Waals surface area contributed by atoms with Gasteiger partial charge in [0.25, 0.3) is 0 Å². The Morgan fingerprint density at radius 2 is 2.15 bits per heavy atom. The highest BCUT2D eigenvalue weighted by molar-refractivity contribution is 7.90. The number of ether oxygens (including phenoxy) is 1. The van der Waals surface area contributed by atoms with Crippen molar-refractivity contribution in [2.24, 2.45) is 0 Å². The molecule has 4 nitrogen and oxygen atoms in total. The molecule has 112 valence electrons. The predicted molar refractivity (Wildman–Crippen MR) is 81.3 cm³/mol. The molecule has 0 aromatic heterocycles. The quantitative estimate of drug-likeness (QED) is 0.835. The van der Waals surface area contributed by atoms with E-state index in [1.807, 2.05) is 18.2 Å². The molecule has 0 amide bonds. The molecule has 1 aliphatic rings. The Morgan fingerprint density at radius 3 is 2.85 bits per heavy atom. The number of hydrogen-bond donors (Lipinski definition) is 0. The molecule has 0 aliphatic carbocycles. The molecule has 0 unspecified atom stereocenters. The van der Waals surface area contributed by atoms with Gasteiger partial charge in [0.05, 0.1) is 10.8 Å². The van der Waals surface area contributed by atoms with Gasteiger partial charge in [-0.15, -0.1) is 0 Å². The number of piperidine rings is 1. The molecule has 1 aromatic rings. The molecule has 0 saturated carbocycles. The third-order valence-electron chi connectivity index (χ3n) is 3.37. The van der Waals surface area contributed by atoms with E-state index >= 15 is 0 Å². The molecule has 20 heavy (non-hydrogen) atoms. The molecule has 0 bridgehead atoms. The fraction of sp³-hybridized carbons (Fsp3) is 0.571. The van der Waals surface area contributed by atoms with Crippen molar-refractivity contribution in [2.45, 2.75) is 18.9 Å². The summed E-state index contributed by atoms with van der Waals surface area (Å²) in [7, 11) is -2.91. The van der Waals surface area contributed by atoms with Crippen molar-refractivity contribution in [3.05, 3.63) is 29.3 Å². The molecule has 1 aliphatic heterocycles. The number of sulfone groups is 1. The molecule has 1 fully saturated rings. The second-order valence-electron chi connectivity index (χ2n) is 5.24. The number of benzene rings is 1. The van der Waals surface area contributed by atoms with Crippen LogP contribution in [0.1, 0.15) is 12.8 Å². The average Bonchev–Trinajstić information content (AvgIpc) is 2.39. The van der Waals surface area contributed by atoms with E-state index in [2.05, 4.69) is 4.90 Å². The summed E-state index contributed by atoms with van der Waals surface area (Å²) in [6.07, 6.45) is 3.33. The number of halogens is 1. The number of nitrogens with zero attached hydrogens (tertiary/aromatic N) is 1. The van der Waals surface area contributed by atoms with Gasteiger partial charge in [0.2, 0.25) is 0 Å². The molecule has 6 heteroatoms. The van der Waals surface area contributed by atoms with Crippen LogP contribution in [0.3, 0.4) is 0 Å². The number of para-hydroxylation sites is 1. The van der Waals surface area contributed by atoms with Gasteiger partial charge in [-0.1, -0.05) is 23.7 Å². The first-order valence-electron chi connectivity index (χ1n) is 6.75. The lowest BCUT2D eigenvalue weighted by Gasteiger charge is -2.32. The minimum absolute atomic E-state index is 0.0724. The number of rotatable bonds is 5. The van der Waals surface area contributed by atoms with Crippen molar-refractivity contribution in [3.8, 4) is 5.75 Å². The third-order valence-corrected chi connectivity index (χ3v) is 4.61. The van der Waals surface area contributed by atoms with Crippen molar-refractivity contribution in [1.82, 2.24) is 4.90 Å². The maximum atomic E-state index is 11.2. The lowest BCUT2D eigenvalue weighted by atomic mass is 10.1. The van der Waals surface area contributed by atoms with Crippen LogP contribution < -0.4 is 4.74 Å². The summed E-state index contributed by atoms with van der Waals surface area (Å²) in [6, 6.07) is 7.43. The van der Waals surface area contributed by atoms with E-state index < -0.39 is 9.84 Å². The van der Waals surface area contributed by atoms with Crippen molar-refractivity contribution >= 4 is 21.4 Å². The van der Waals surface area contributed by atoms with Gasteiger partial charge < -0.3 is 4.74 Å². The Balaban J connectivity index is 1.89. The highest BCUT2D eigenvalue weighted by Gasteiger charge is 2.22. The van der Waals surface area contributed by atoms with Gasteiger partial charge in [-0.05, 0) is 31.5 Å². The van der Waals surface area contributed by atoms with Crippen LogP contribution in [0, 0.1) is 0 Å². The Hall–Kier alpha value is -0.780. The molecule has 1 saturated heterocycles. The lowest BCUT2D eigenvalue weighted by Crippen LogP contribution is -2.43. The Bertz CT molecular complexity index is 547. The van der Waals surface area contributed by atoms with E-state index in [-0.39, 0.29) is 11.9 Å². The summed E-state index contributed by atoms with van der Waals surface area (Å²) in [5.74, 6) is 0.898. The fourth-order valence-electron chi connectivity index (χ4n) is 2.33. The summed E-state index contributed by atoms with van der Waals surface area (Å²) in [6.45, 7) is 2.25. The monoisotopic (exact) mass is 317 g/mol. The first-order valence-corrected chi connectivity index (χ1v) is 9.19. The normalized spacial score (nSPS) is 20.8. The van der Waals surface area contributed by atoms with E-state index in [1.165, 1.54) is 6.26 Å². The van der Waals surface area contributed by atoms with Crippen LogP contribution in [0.15, 0.2) is 24.3 Å². The summed E-state index contributed by atoms with van der Waals surface area (Å²) in [5.41, 5.74) is 0. The Morgan fingerprint density at radius 1 is 1.40 bits per heavy atom.